The molecule has 196 valence electrons. The van der Waals surface area contributed by atoms with Gasteiger partial charge >= 0.3 is 0 Å². The van der Waals surface area contributed by atoms with Crippen molar-refractivity contribution >= 4 is 54.4 Å². The molecule has 0 N–H and O–H groups in total. The van der Waals surface area contributed by atoms with Crippen LogP contribution in [0.25, 0.3) is 88.1 Å². The van der Waals surface area contributed by atoms with Gasteiger partial charge in [0.15, 0.2) is 5.58 Å². The summed E-state index contributed by atoms with van der Waals surface area (Å²) >= 11 is 0. The van der Waals surface area contributed by atoms with Gasteiger partial charge in [0.2, 0.25) is 5.89 Å². The number of benzene rings is 7. The van der Waals surface area contributed by atoms with Crippen molar-refractivity contribution in [3.05, 3.63) is 140 Å². The first-order valence-corrected chi connectivity index (χ1v) is 14.1. The number of oxazole rings is 1. The topological polar surface area (TPSA) is 39.2 Å². The molecule has 9 rings (SSSR count). The first-order chi connectivity index (χ1) is 20.8. The molecule has 3 heteroatoms. The summed E-state index contributed by atoms with van der Waals surface area (Å²) in [5.41, 5.74) is 8.08. The molecule has 0 aliphatic heterocycles. The van der Waals surface area contributed by atoms with Crippen LogP contribution in [-0.2, 0) is 0 Å². The quantitative estimate of drug-likeness (QED) is 0.210. The fourth-order valence-corrected chi connectivity index (χ4v) is 6.51. The van der Waals surface area contributed by atoms with Crippen molar-refractivity contribution in [2.75, 3.05) is 0 Å². The highest BCUT2D eigenvalue weighted by Crippen LogP contribution is 2.47. The molecular weight excluding hydrogens is 514 g/mol. The van der Waals surface area contributed by atoms with Crippen molar-refractivity contribution in [1.82, 2.24) is 4.98 Å². The van der Waals surface area contributed by atoms with Crippen molar-refractivity contribution in [2.24, 2.45) is 0 Å². The maximum atomic E-state index is 6.19. The first-order valence-electron chi connectivity index (χ1n) is 14.1. The van der Waals surface area contributed by atoms with Gasteiger partial charge in [-0.25, -0.2) is 4.98 Å². The largest absolute Gasteiger partial charge is 0.464 e. The van der Waals surface area contributed by atoms with Gasteiger partial charge in [-0.3, -0.25) is 0 Å². The highest BCUT2D eigenvalue weighted by Gasteiger charge is 2.21. The van der Waals surface area contributed by atoms with E-state index in [1.54, 1.807) is 0 Å². The first kappa shape index (κ1) is 23.1. The molecular formula is C39H23NO2. The fourth-order valence-electron chi connectivity index (χ4n) is 6.51. The van der Waals surface area contributed by atoms with Gasteiger partial charge in [0, 0.05) is 22.1 Å². The van der Waals surface area contributed by atoms with E-state index in [9.17, 15) is 0 Å². The zero-order valence-electron chi connectivity index (χ0n) is 22.5. The van der Waals surface area contributed by atoms with Crippen LogP contribution in [-0.4, -0.2) is 4.98 Å². The van der Waals surface area contributed by atoms with E-state index in [1.165, 1.54) is 43.4 Å². The van der Waals surface area contributed by atoms with Crippen molar-refractivity contribution in [2.45, 2.75) is 0 Å². The summed E-state index contributed by atoms with van der Waals surface area (Å²) in [5, 5.41) is 8.29. The molecule has 0 radical (unpaired) electrons. The van der Waals surface area contributed by atoms with E-state index in [-0.39, 0.29) is 0 Å². The second-order valence-electron chi connectivity index (χ2n) is 10.7. The third-order valence-corrected chi connectivity index (χ3v) is 8.36. The molecule has 9 aromatic rings. The lowest BCUT2D eigenvalue weighted by Gasteiger charge is -2.17. The Morgan fingerprint density at radius 1 is 0.476 bits per heavy atom. The van der Waals surface area contributed by atoms with Gasteiger partial charge in [0.1, 0.15) is 11.1 Å². The van der Waals surface area contributed by atoms with Gasteiger partial charge in [-0.2, -0.15) is 0 Å². The second-order valence-corrected chi connectivity index (χ2v) is 10.7. The molecule has 2 heterocycles. The SMILES string of the molecule is c1ccc(-c2nc3cc(-c4c5ccccc5c(-c5coc6ccc7ccccc7c56)c5ccccc45)ccc3o2)cc1. The molecule has 0 fully saturated rings. The maximum Gasteiger partial charge on any atom is 0.227 e. The van der Waals surface area contributed by atoms with Crippen LogP contribution in [0, 0.1) is 0 Å². The number of nitrogens with zero attached hydrogens (tertiary/aromatic N) is 1. The minimum atomic E-state index is 0.631. The van der Waals surface area contributed by atoms with E-state index in [1.807, 2.05) is 42.7 Å². The standard InChI is InChI=1S/C39H23NO2/c1-2-11-25(12-3-1)39-40-33-22-26(19-20-34(33)42-39)36-28-14-6-8-16-30(28)37(31-17-9-7-15-29(31)36)32-23-41-35-21-18-24-10-4-5-13-27(24)38(32)35/h1-23H. The Morgan fingerprint density at radius 2 is 1.10 bits per heavy atom. The Labute approximate surface area is 241 Å². The van der Waals surface area contributed by atoms with E-state index < -0.39 is 0 Å². The zero-order valence-corrected chi connectivity index (χ0v) is 22.5. The Morgan fingerprint density at radius 3 is 1.83 bits per heavy atom. The molecule has 0 bridgehead atoms. The van der Waals surface area contributed by atoms with Crippen LogP contribution in [0.2, 0.25) is 0 Å². The molecule has 3 nitrogen and oxygen atoms in total. The third kappa shape index (κ3) is 3.37. The van der Waals surface area contributed by atoms with E-state index in [0.29, 0.717) is 5.89 Å². The smallest absolute Gasteiger partial charge is 0.227 e. The zero-order chi connectivity index (χ0) is 27.6. The van der Waals surface area contributed by atoms with Crippen LogP contribution in [0.1, 0.15) is 0 Å². The molecule has 7 aromatic carbocycles. The van der Waals surface area contributed by atoms with Crippen LogP contribution < -0.4 is 0 Å². The Balaban J connectivity index is 1.35. The van der Waals surface area contributed by atoms with E-state index in [0.717, 1.165) is 38.8 Å². The normalized spacial score (nSPS) is 11.8. The minimum Gasteiger partial charge on any atom is -0.464 e. The predicted molar refractivity (Wildman–Crippen MR) is 173 cm³/mol. The summed E-state index contributed by atoms with van der Waals surface area (Å²) < 4.78 is 12.3. The number of furan rings is 1. The maximum absolute atomic E-state index is 6.19. The molecule has 0 aliphatic rings. The van der Waals surface area contributed by atoms with Gasteiger partial charge in [-0.05, 0) is 73.8 Å². The molecule has 0 atom stereocenters. The lowest BCUT2D eigenvalue weighted by Crippen LogP contribution is -1.90. The fraction of sp³-hybridized carbons (Fsp3) is 0. The number of rotatable bonds is 3. The van der Waals surface area contributed by atoms with Gasteiger partial charge < -0.3 is 8.83 Å². The van der Waals surface area contributed by atoms with Crippen molar-refractivity contribution in [3.63, 3.8) is 0 Å². The molecule has 42 heavy (non-hydrogen) atoms. The second kappa shape index (κ2) is 8.92. The van der Waals surface area contributed by atoms with E-state index >= 15 is 0 Å². The van der Waals surface area contributed by atoms with Crippen LogP contribution in [0.3, 0.4) is 0 Å². The van der Waals surface area contributed by atoms with Crippen molar-refractivity contribution in [3.8, 4) is 33.7 Å². The lowest BCUT2D eigenvalue weighted by molar-refractivity contribution is 0.617. The van der Waals surface area contributed by atoms with Gasteiger partial charge in [-0.1, -0.05) is 103 Å². The highest BCUT2D eigenvalue weighted by atomic mass is 16.3. The summed E-state index contributed by atoms with van der Waals surface area (Å²) in [4.78, 5) is 4.87. The highest BCUT2D eigenvalue weighted by molar-refractivity contribution is 6.25. The average Bonchev–Trinajstić information content (AvgIpc) is 3.68. The Bertz CT molecular complexity index is 2410. The molecule has 0 saturated carbocycles. The minimum absolute atomic E-state index is 0.631. The molecule has 0 aliphatic carbocycles. The van der Waals surface area contributed by atoms with Crippen LogP contribution in [0.4, 0.5) is 0 Å². The van der Waals surface area contributed by atoms with Crippen molar-refractivity contribution < 1.29 is 8.83 Å². The molecule has 2 aromatic heterocycles. The number of hydrogen-bond donors (Lipinski definition) is 0. The van der Waals surface area contributed by atoms with Gasteiger partial charge in [0.25, 0.3) is 0 Å². The number of fused-ring (bicyclic) bond motifs is 6. The Hall–Kier alpha value is -5.67. The Kier molecular flexibility index (Phi) is 4.90. The number of hydrogen-bond acceptors (Lipinski definition) is 3. The van der Waals surface area contributed by atoms with E-state index in [4.69, 9.17) is 13.8 Å². The molecule has 0 unspecified atom stereocenters. The average molecular weight is 538 g/mol. The van der Waals surface area contributed by atoms with Crippen LogP contribution >= 0.6 is 0 Å². The van der Waals surface area contributed by atoms with E-state index in [2.05, 4.69) is 97.1 Å². The summed E-state index contributed by atoms with van der Waals surface area (Å²) in [5.74, 6) is 0.631. The summed E-state index contributed by atoms with van der Waals surface area (Å²) in [6.07, 6.45) is 1.93. The summed E-state index contributed by atoms with van der Waals surface area (Å²) in [7, 11) is 0. The van der Waals surface area contributed by atoms with Gasteiger partial charge in [0.05, 0.1) is 6.26 Å². The predicted octanol–water partition coefficient (Wildman–Crippen LogP) is 11.0. The number of aromatic nitrogens is 1. The lowest BCUT2D eigenvalue weighted by atomic mass is 9.85. The van der Waals surface area contributed by atoms with Crippen molar-refractivity contribution in [1.29, 1.82) is 0 Å². The summed E-state index contributed by atoms with van der Waals surface area (Å²) in [6, 6.07) is 46.5. The van der Waals surface area contributed by atoms with Crippen LogP contribution in [0.5, 0.6) is 0 Å². The summed E-state index contributed by atoms with van der Waals surface area (Å²) in [6.45, 7) is 0. The monoisotopic (exact) mass is 537 g/mol. The molecule has 0 amide bonds. The third-order valence-electron chi connectivity index (χ3n) is 8.36. The molecule has 0 spiro atoms. The van der Waals surface area contributed by atoms with Crippen LogP contribution in [0.15, 0.2) is 149 Å². The van der Waals surface area contributed by atoms with Gasteiger partial charge in [-0.15, -0.1) is 0 Å². The molecule has 0 saturated heterocycles.